The highest BCUT2D eigenvalue weighted by atomic mass is 19.1. The topological polar surface area (TPSA) is 95.2 Å². The first-order valence-corrected chi connectivity index (χ1v) is 7.20. The van der Waals surface area contributed by atoms with Gasteiger partial charge in [0.1, 0.15) is 5.82 Å². The molecule has 0 fully saturated rings. The van der Waals surface area contributed by atoms with Gasteiger partial charge in [-0.3, -0.25) is 14.7 Å². The van der Waals surface area contributed by atoms with Crippen LogP contribution in [0.25, 0.3) is 0 Å². The maximum absolute atomic E-state index is 13.2. The monoisotopic (exact) mass is 320 g/mol. The van der Waals surface area contributed by atoms with E-state index in [9.17, 15) is 19.1 Å². The van der Waals surface area contributed by atoms with E-state index in [0.29, 0.717) is 16.8 Å². The number of benzene rings is 1. The largest absolute Gasteiger partial charge is 0.469 e. The molecule has 0 radical (unpaired) electrons. The molecule has 0 saturated heterocycles. The summed E-state index contributed by atoms with van der Waals surface area (Å²) in [5, 5.41) is 16.0. The number of aromatic nitrogens is 2. The molecule has 1 aromatic carbocycles. The van der Waals surface area contributed by atoms with Gasteiger partial charge in [0.2, 0.25) is 0 Å². The summed E-state index contributed by atoms with van der Waals surface area (Å²) in [7, 11) is 1.23. The Morgan fingerprint density at radius 3 is 2.61 bits per heavy atom. The Morgan fingerprint density at radius 2 is 2.00 bits per heavy atom. The van der Waals surface area contributed by atoms with Gasteiger partial charge in [-0.2, -0.15) is 0 Å². The van der Waals surface area contributed by atoms with E-state index < -0.39 is 29.2 Å². The Hall–Kier alpha value is -2.41. The predicted molar refractivity (Wildman–Crippen MR) is 79.5 cm³/mol. The summed E-state index contributed by atoms with van der Waals surface area (Å²) in [6.45, 7) is 1.53. The minimum absolute atomic E-state index is 0.110. The van der Waals surface area contributed by atoms with Crippen LogP contribution < -0.4 is 5.56 Å². The van der Waals surface area contributed by atoms with E-state index >= 15 is 0 Å². The molecule has 0 aliphatic heterocycles. The second-order valence-electron chi connectivity index (χ2n) is 6.04. The lowest BCUT2D eigenvalue weighted by atomic mass is 9.66. The van der Waals surface area contributed by atoms with Crippen LogP contribution in [0.4, 0.5) is 4.39 Å². The third-order valence-electron chi connectivity index (χ3n) is 4.43. The summed E-state index contributed by atoms with van der Waals surface area (Å²) in [6.07, 6.45) is 0.110. The van der Waals surface area contributed by atoms with Crippen molar-refractivity contribution >= 4 is 5.97 Å². The van der Waals surface area contributed by atoms with Gasteiger partial charge in [-0.05, 0) is 24.6 Å². The van der Waals surface area contributed by atoms with Crippen molar-refractivity contribution in [1.29, 1.82) is 0 Å². The number of H-pyrrole nitrogens is 2. The lowest BCUT2D eigenvalue weighted by Gasteiger charge is -2.40. The van der Waals surface area contributed by atoms with Crippen molar-refractivity contribution in [3.05, 3.63) is 57.3 Å². The fourth-order valence-electron chi connectivity index (χ4n) is 3.41. The number of nitrogens with one attached hydrogen (secondary N) is 2. The Morgan fingerprint density at radius 1 is 1.35 bits per heavy atom. The van der Waals surface area contributed by atoms with E-state index in [2.05, 4.69) is 10.2 Å². The van der Waals surface area contributed by atoms with Crippen LogP contribution in [0.2, 0.25) is 0 Å². The number of ether oxygens (including phenoxy) is 1. The number of halogens is 1. The molecule has 1 aromatic heterocycles. The van der Waals surface area contributed by atoms with Crippen LogP contribution in [0.3, 0.4) is 0 Å². The molecule has 0 bridgehead atoms. The molecule has 2 aromatic rings. The third kappa shape index (κ3) is 2.46. The quantitative estimate of drug-likeness (QED) is 0.721. The first-order chi connectivity index (χ1) is 10.8. The lowest BCUT2D eigenvalue weighted by Crippen LogP contribution is -2.49. The van der Waals surface area contributed by atoms with E-state index in [4.69, 9.17) is 4.74 Å². The Balaban J connectivity index is 2.24. The maximum atomic E-state index is 13.2. The van der Waals surface area contributed by atoms with E-state index in [1.807, 2.05) is 0 Å². The first kappa shape index (κ1) is 15.5. The van der Waals surface area contributed by atoms with Gasteiger partial charge in [-0.15, -0.1) is 0 Å². The van der Waals surface area contributed by atoms with Crippen molar-refractivity contribution in [2.75, 3.05) is 7.11 Å². The first-order valence-electron chi connectivity index (χ1n) is 7.20. The average molecular weight is 320 g/mol. The summed E-state index contributed by atoms with van der Waals surface area (Å²) in [4.78, 5) is 24.5. The lowest BCUT2D eigenvalue weighted by molar-refractivity contribution is -0.156. The van der Waals surface area contributed by atoms with E-state index in [-0.39, 0.29) is 12.0 Å². The summed E-state index contributed by atoms with van der Waals surface area (Å²) >= 11 is 0. The highest BCUT2D eigenvalue weighted by Crippen LogP contribution is 2.44. The molecule has 0 unspecified atom stereocenters. The van der Waals surface area contributed by atoms with E-state index in [0.717, 1.165) is 0 Å². The number of fused-ring (bicyclic) bond motifs is 1. The number of methoxy groups -OCH3 is 1. The molecule has 3 N–H and O–H groups in total. The molecule has 3 rings (SSSR count). The van der Waals surface area contributed by atoms with Crippen LogP contribution >= 0.6 is 0 Å². The molecular weight excluding hydrogens is 303 g/mol. The van der Waals surface area contributed by atoms with E-state index in [1.54, 1.807) is 0 Å². The second-order valence-corrected chi connectivity index (χ2v) is 6.04. The zero-order valence-electron chi connectivity index (χ0n) is 12.7. The summed E-state index contributed by atoms with van der Waals surface area (Å²) in [5.41, 5.74) is -0.301. The van der Waals surface area contributed by atoms with Crippen molar-refractivity contribution in [2.45, 2.75) is 24.9 Å². The number of hydrogen-bond acceptors (Lipinski definition) is 4. The van der Waals surface area contributed by atoms with Crippen LogP contribution in [-0.4, -0.2) is 34.0 Å². The van der Waals surface area contributed by atoms with Gasteiger partial charge in [0.25, 0.3) is 5.56 Å². The van der Waals surface area contributed by atoms with Gasteiger partial charge in [0, 0.05) is 23.6 Å². The van der Waals surface area contributed by atoms with Gasteiger partial charge in [0.15, 0.2) is 0 Å². The Labute approximate surface area is 131 Å². The molecule has 3 atom stereocenters. The highest BCUT2D eigenvalue weighted by molar-refractivity contribution is 5.77. The van der Waals surface area contributed by atoms with Gasteiger partial charge in [-0.25, -0.2) is 4.39 Å². The molecule has 1 heterocycles. The van der Waals surface area contributed by atoms with Crippen LogP contribution in [0.5, 0.6) is 0 Å². The average Bonchev–Trinajstić information content (AvgIpc) is 2.85. The smallest absolute Gasteiger partial charge is 0.312 e. The number of carbonyl (C=O) groups excluding carboxylic acids is 1. The number of esters is 1. The molecule has 0 spiro atoms. The van der Waals surface area contributed by atoms with Crippen molar-refractivity contribution in [3.8, 4) is 0 Å². The van der Waals surface area contributed by atoms with Crippen molar-refractivity contribution in [1.82, 2.24) is 10.2 Å². The Bertz CT molecular complexity index is 791. The standard InChI is InChI=1S/C16H17FN2O4/c1-16(22)7-10-12(14(20)19-18-10)11(13(16)15(21)23-2)8-3-5-9(17)6-4-8/h3-6,11,13,22H,7H2,1-2H3,(H2,18,19,20)/t11-,13-,16-/m1/s1. The number of aromatic amines is 2. The molecule has 6 nitrogen and oxygen atoms in total. The Kier molecular flexibility index (Phi) is 3.60. The van der Waals surface area contributed by atoms with Crippen molar-refractivity contribution in [2.24, 2.45) is 5.92 Å². The molecular formula is C16H17FN2O4. The molecule has 1 aliphatic rings. The summed E-state index contributed by atoms with van der Waals surface area (Å²) in [6, 6.07) is 5.53. The zero-order valence-corrected chi connectivity index (χ0v) is 12.7. The van der Waals surface area contributed by atoms with Crippen LogP contribution in [0, 0.1) is 11.7 Å². The fraction of sp³-hybridized carbons (Fsp3) is 0.375. The van der Waals surface area contributed by atoms with Crippen molar-refractivity contribution in [3.63, 3.8) is 0 Å². The maximum Gasteiger partial charge on any atom is 0.312 e. The number of hydrogen-bond donors (Lipinski definition) is 3. The van der Waals surface area contributed by atoms with Gasteiger partial charge in [-0.1, -0.05) is 12.1 Å². The molecule has 0 saturated carbocycles. The predicted octanol–water partition coefficient (Wildman–Crippen LogP) is 1.07. The minimum Gasteiger partial charge on any atom is -0.469 e. The minimum atomic E-state index is -1.41. The highest BCUT2D eigenvalue weighted by Gasteiger charge is 2.51. The molecule has 0 amide bonds. The second kappa shape index (κ2) is 5.34. The number of aliphatic hydroxyl groups is 1. The van der Waals surface area contributed by atoms with Crippen molar-refractivity contribution < 1.29 is 19.0 Å². The van der Waals surface area contributed by atoms with Gasteiger partial charge in [0.05, 0.1) is 18.6 Å². The van der Waals surface area contributed by atoms with E-state index in [1.165, 1.54) is 38.3 Å². The molecule has 23 heavy (non-hydrogen) atoms. The number of rotatable bonds is 2. The molecule has 7 heteroatoms. The molecule has 1 aliphatic carbocycles. The van der Waals surface area contributed by atoms with Crippen LogP contribution in [-0.2, 0) is 16.0 Å². The van der Waals surface area contributed by atoms with Crippen LogP contribution in [0.1, 0.15) is 29.7 Å². The van der Waals surface area contributed by atoms with Crippen LogP contribution in [0.15, 0.2) is 29.1 Å². The number of carbonyl (C=O) groups is 1. The zero-order chi connectivity index (χ0) is 16.8. The summed E-state index contributed by atoms with van der Waals surface area (Å²) in [5.74, 6) is -2.73. The third-order valence-corrected chi connectivity index (χ3v) is 4.43. The normalized spacial score (nSPS) is 26.6. The molecule has 122 valence electrons. The summed E-state index contributed by atoms with van der Waals surface area (Å²) < 4.78 is 18.1. The van der Waals surface area contributed by atoms with Gasteiger partial charge < -0.3 is 14.9 Å². The SMILES string of the molecule is COC(=O)[C@H]1[C@H](c2ccc(F)cc2)c2c([nH][nH]c2=O)C[C@@]1(C)O. The fourth-order valence-corrected chi connectivity index (χ4v) is 3.41. The van der Waals surface area contributed by atoms with Gasteiger partial charge >= 0.3 is 5.97 Å².